The Labute approximate surface area is 174 Å². The van der Waals surface area contributed by atoms with Crippen LogP contribution in [0.25, 0.3) is 0 Å². The van der Waals surface area contributed by atoms with E-state index < -0.39 is 15.4 Å². The second-order valence-electron chi connectivity index (χ2n) is 7.04. The van der Waals surface area contributed by atoms with Crippen LogP contribution in [-0.2, 0) is 20.2 Å². The molecule has 0 heterocycles. The molecule has 0 aliphatic heterocycles. The van der Waals surface area contributed by atoms with E-state index in [1.807, 2.05) is 30.3 Å². The smallest absolute Gasteiger partial charge is 0.261 e. The van der Waals surface area contributed by atoms with Gasteiger partial charge in [0.1, 0.15) is 0 Å². The molecule has 1 saturated carbocycles. The molecule has 3 aromatic carbocycles. The van der Waals surface area contributed by atoms with Crippen molar-refractivity contribution in [2.24, 2.45) is 0 Å². The van der Waals surface area contributed by atoms with E-state index in [-0.39, 0.29) is 10.8 Å². The molecule has 0 spiro atoms. The standard InChI is InChI=1S/C22H19ClN2O3S/c23-17-9-11-18(12-10-17)25-29(27,28)20-8-4-7-19(15-20)24-21(26)22(13-14-22)16-5-2-1-3-6-16/h1-12,15,25H,13-14H2,(H,24,26). The van der Waals surface area contributed by atoms with Gasteiger partial charge in [0.05, 0.1) is 10.3 Å². The minimum atomic E-state index is -3.80. The number of halogens is 1. The lowest BCUT2D eigenvalue weighted by molar-refractivity contribution is -0.118. The molecule has 29 heavy (non-hydrogen) atoms. The predicted molar refractivity (Wildman–Crippen MR) is 115 cm³/mol. The van der Waals surface area contributed by atoms with E-state index in [9.17, 15) is 13.2 Å². The molecule has 1 aliphatic carbocycles. The van der Waals surface area contributed by atoms with Gasteiger partial charge in [-0.3, -0.25) is 9.52 Å². The van der Waals surface area contributed by atoms with E-state index in [2.05, 4.69) is 10.0 Å². The zero-order valence-corrected chi connectivity index (χ0v) is 17.0. The van der Waals surface area contributed by atoms with E-state index in [0.29, 0.717) is 16.4 Å². The van der Waals surface area contributed by atoms with Gasteiger partial charge >= 0.3 is 0 Å². The molecule has 4 rings (SSSR count). The Morgan fingerprint density at radius 1 is 0.862 bits per heavy atom. The highest BCUT2D eigenvalue weighted by molar-refractivity contribution is 7.92. The molecular weight excluding hydrogens is 408 g/mol. The minimum Gasteiger partial charge on any atom is -0.325 e. The molecule has 0 unspecified atom stereocenters. The first kappa shape index (κ1) is 19.5. The van der Waals surface area contributed by atoms with Crippen molar-refractivity contribution in [2.45, 2.75) is 23.2 Å². The molecule has 2 N–H and O–H groups in total. The maximum atomic E-state index is 12.9. The lowest BCUT2D eigenvalue weighted by Gasteiger charge is -2.16. The van der Waals surface area contributed by atoms with Crippen molar-refractivity contribution >= 4 is 38.9 Å². The second kappa shape index (κ2) is 7.54. The average Bonchev–Trinajstić information content (AvgIpc) is 3.53. The summed E-state index contributed by atoms with van der Waals surface area (Å²) < 4.78 is 27.9. The maximum Gasteiger partial charge on any atom is 0.261 e. The van der Waals surface area contributed by atoms with Crippen molar-refractivity contribution in [3.8, 4) is 0 Å². The predicted octanol–water partition coefficient (Wildman–Crippen LogP) is 4.81. The largest absolute Gasteiger partial charge is 0.325 e. The molecule has 1 amide bonds. The molecule has 0 bridgehead atoms. The monoisotopic (exact) mass is 426 g/mol. The molecular formula is C22H19ClN2O3S. The Morgan fingerprint density at radius 3 is 2.21 bits per heavy atom. The van der Waals surface area contributed by atoms with E-state index in [4.69, 9.17) is 11.6 Å². The second-order valence-corrected chi connectivity index (χ2v) is 9.16. The summed E-state index contributed by atoms with van der Waals surface area (Å²) in [4.78, 5) is 13.0. The van der Waals surface area contributed by atoms with Crippen LogP contribution in [0.5, 0.6) is 0 Å². The quantitative estimate of drug-likeness (QED) is 0.593. The fourth-order valence-electron chi connectivity index (χ4n) is 3.25. The Morgan fingerprint density at radius 2 is 1.55 bits per heavy atom. The number of sulfonamides is 1. The molecule has 148 valence electrons. The summed E-state index contributed by atoms with van der Waals surface area (Å²) in [5.41, 5.74) is 1.30. The van der Waals surface area contributed by atoms with Gasteiger partial charge in [-0.15, -0.1) is 0 Å². The molecule has 0 saturated heterocycles. The van der Waals surface area contributed by atoms with E-state index in [1.165, 1.54) is 12.1 Å². The minimum absolute atomic E-state index is 0.0646. The molecule has 0 aromatic heterocycles. The number of hydrogen-bond acceptors (Lipinski definition) is 3. The summed E-state index contributed by atoms with van der Waals surface area (Å²) in [5.74, 6) is -0.121. The number of nitrogens with one attached hydrogen (secondary N) is 2. The van der Waals surface area contributed by atoms with Gasteiger partial charge in [0.2, 0.25) is 5.91 Å². The normalized spacial score (nSPS) is 14.8. The highest BCUT2D eigenvalue weighted by atomic mass is 35.5. The number of anilines is 2. The van der Waals surface area contributed by atoms with Crippen molar-refractivity contribution in [3.05, 3.63) is 89.4 Å². The van der Waals surface area contributed by atoms with Crippen LogP contribution in [0.2, 0.25) is 5.02 Å². The Hall–Kier alpha value is -2.83. The first-order chi connectivity index (χ1) is 13.9. The molecule has 1 fully saturated rings. The third kappa shape index (κ3) is 4.13. The molecule has 3 aromatic rings. The molecule has 5 nitrogen and oxygen atoms in total. The van der Waals surface area contributed by atoms with Crippen molar-refractivity contribution < 1.29 is 13.2 Å². The topological polar surface area (TPSA) is 75.3 Å². The average molecular weight is 427 g/mol. The summed E-state index contributed by atoms with van der Waals surface area (Å²) >= 11 is 5.84. The highest BCUT2D eigenvalue weighted by Gasteiger charge is 2.51. The molecule has 7 heteroatoms. The van der Waals surface area contributed by atoms with Crippen LogP contribution in [0, 0.1) is 0 Å². The number of rotatable bonds is 6. The van der Waals surface area contributed by atoms with E-state index in [1.54, 1.807) is 36.4 Å². The zero-order chi connectivity index (χ0) is 20.5. The van der Waals surface area contributed by atoms with Crippen LogP contribution in [-0.4, -0.2) is 14.3 Å². The first-order valence-corrected chi connectivity index (χ1v) is 11.0. The number of benzene rings is 3. The maximum absolute atomic E-state index is 12.9. The van der Waals surface area contributed by atoms with Crippen LogP contribution in [0.15, 0.2) is 83.8 Å². The van der Waals surface area contributed by atoms with E-state index in [0.717, 1.165) is 18.4 Å². The fraction of sp³-hybridized carbons (Fsp3) is 0.136. The third-order valence-electron chi connectivity index (χ3n) is 5.01. The molecule has 1 aliphatic rings. The molecule has 0 radical (unpaired) electrons. The van der Waals surface area contributed by atoms with Gasteiger partial charge in [0.25, 0.3) is 10.0 Å². The highest BCUT2D eigenvalue weighted by Crippen LogP contribution is 2.48. The number of hydrogen-bond donors (Lipinski definition) is 2. The van der Waals surface area contributed by atoms with Gasteiger partial charge in [-0.05, 0) is 60.9 Å². The Balaban J connectivity index is 1.53. The van der Waals surface area contributed by atoms with E-state index >= 15 is 0 Å². The zero-order valence-electron chi connectivity index (χ0n) is 15.4. The van der Waals surface area contributed by atoms with Crippen molar-refractivity contribution in [2.75, 3.05) is 10.0 Å². The molecule has 0 atom stereocenters. The van der Waals surface area contributed by atoms with Gasteiger partial charge in [-0.2, -0.15) is 0 Å². The fourth-order valence-corrected chi connectivity index (χ4v) is 4.48. The lowest BCUT2D eigenvalue weighted by Crippen LogP contribution is -2.27. The van der Waals surface area contributed by atoms with Crippen molar-refractivity contribution in [3.63, 3.8) is 0 Å². The van der Waals surface area contributed by atoms with Gasteiger partial charge in [-0.1, -0.05) is 48.0 Å². The summed E-state index contributed by atoms with van der Waals surface area (Å²) in [7, 11) is -3.80. The summed E-state index contributed by atoms with van der Waals surface area (Å²) in [6, 6.07) is 22.3. The van der Waals surface area contributed by atoms with Crippen LogP contribution >= 0.6 is 11.6 Å². The summed E-state index contributed by atoms with van der Waals surface area (Å²) in [6.45, 7) is 0. The summed E-state index contributed by atoms with van der Waals surface area (Å²) in [6.07, 6.45) is 1.55. The number of amides is 1. The number of carbonyl (C=O) groups excluding carboxylic acids is 1. The SMILES string of the molecule is O=C(Nc1cccc(S(=O)(=O)Nc2ccc(Cl)cc2)c1)C1(c2ccccc2)CC1. The first-order valence-electron chi connectivity index (χ1n) is 9.15. The van der Waals surface area contributed by atoms with Crippen molar-refractivity contribution in [1.29, 1.82) is 0 Å². The van der Waals surface area contributed by atoms with Gasteiger partial charge in [0, 0.05) is 16.4 Å². The van der Waals surface area contributed by atoms with Crippen LogP contribution < -0.4 is 10.0 Å². The van der Waals surface area contributed by atoms with Gasteiger partial charge < -0.3 is 5.32 Å². The van der Waals surface area contributed by atoms with Gasteiger partial charge in [0.15, 0.2) is 0 Å². The summed E-state index contributed by atoms with van der Waals surface area (Å²) in [5, 5.41) is 3.40. The lowest BCUT2D eigenvalue weighted by atomic mass is 9.95. The third-order valence-corrected chi connectivity index (χ3v) is 6.64. The number of carbonyl (C=O) groups is 1. The Bertz CT molecular complexity index is 1140. The van der Waals surface area contributed by atoms with Crippen molar-refractivity contribution in [1.82, 2.24) is 0 Å². The van der Waals surface area contributed by atoms with Crippen LogP contribution in [0.3, 0.4) is 0 Å². The van der Waals surface area contributed by atoms with Crippen LogP contribution in [0.1, 0.15) is 18.4 Å². The van der Waals surface area contributed by atoms with Crippen LogP contribution in [0.4, 0.5) is 11.4 Å². The Kier molecular flexibility index (Phi) is 5.06. The van der Waals surface area contributed by atoms with Gasteiger partial charge in [-0.25, -0.2) is 8.42 Å².